The molecule has 0 aliphatic rings. The summed E-state index contributed by atoms with van der Waals surface area (Å²) in [4.78, 5) is 0. The molecule has 0 aliphatic carbocycles. The lowest BCUT2D eigenvalue weighted by molar-refractivity contribution is 0.532. The number of aromatic nitrogens is 2. The van der Waals surface area contributed by atoms with Crippen LogP contribution in [0.15, 0.2) is 34.9 Å². The van der Waals surface area contributed by atoms with E-state index in [-0.39, 0.29) is 5.82 Å². The molecule has 4 nitrogen and oxygen atoms in total. The summed E-state index contributed by atoms with van der Waals surface area (Å²) in [6.45, 7) is 0. The summed E-state index contributed by atoms with van der Waals surface area (Å²) in [5.41, 5.74) is 3.89. The molecule has 1 unspecified atom stereocenters. The van der Waals surface area contributed by atoms with E-state index in [9.17, 15) is 4.39 Å². The first-order chi connectivity index (χ1) is 8.13. The highest BCUT2D eigenvalue weighted by molar-refractivity contribution is 9.10. The van der Waals surface area contributed by atoms with Crippen molar-refractivity contribution in [3.8, 4) is 0 Å². The average Bonchev–Trinajstić information content (AvgIpc) is 2.69. The van der Waals surface area contributed by atoms with E-state index >= 15 is 0 Å². The van der Waals surface area contributed by atoms with Gasteiger partial charge in [0.05, 0.1) is 11.7 Å². The van der Waals surface area contributed by atoms with Crippen molar-refractivity contribution in [1.29, 1.82) is 0 Å². The SMILES string of the molecule is Cn1nccc1C(NN)c1ccc(Br)cc1F. The molecule has 0 radical (unpaired) electrons. The first-order valence-electron chi connectivity index (χ1n) is 5.02. The zero-order valence-corrected chi connectivity index (χ0v) is 10.8. The van der Waals surface area contributed by atoms with Gasteiger partial charge >= 0.3 is 0 Å². The number of nitrogens with one attached hydrogen (secondary N) is 1. The largest absolute Gasteiger partial charge is 0.271 e. The van der Waals surface area contributed by atoms with Gasteiger partial charge in [0, 0.05) is 23.3 Å². The van der Waals surface area contributed by atoms with Gasteiger partial charge in [0.2, 0.25) is 0 Å². The van der Waals surface area contributed by atoms with Crippen molar-refractivity contribution in [2.45, 2.75) is 6.04 Å². The summed E-state index contributed by atoms with van der Waals surface area (Å²) in [5, 5.41) is 4.05. The number of nitrogens with two attached hydrogens (primary N) is 1. The molecule has 2 rings (SSSR count). The molecular formula is C11H12BrFN4. The average molecular weight is 299 g/mol. The van der Waals surface area contributed by atoms with Gasteiger partial charge in [-0.05, 0) is 18.2 Å². The highest BCUT2D eigenvalue weighted by atomic mass is 79.9. The standard InChI is InChI=1S/C11H12BrFN4/c1-17-10(4-5-15-17)11(16-14)8-3-2-7(12)6-9(8)13/h2-6,11,16H,14H2,1H3. The Morgan fingerprint density at radius 2 is 2.24 bits per heavy atom. The van der Waals surface area contributed by atoms with Gasteiger partial charge in [-0.2, -0.15) is 5.10 Å². The number of nitrogens with zero attached hydrogens (tertiary/aromatic N) is 2. The van der Waals surface area contributed by atoms with Crippen molar-refractivity contribution in [3.63, 3.8) is 0 Å². The predicted octanol–water partition coefficient (Wildman–Crippen LogP) is 1.87. The van der Waals surface area contributed by atoms with Crippen LogP contribution in [0.4, 0.5) is 4.39 Å². The normalized spacial score (nSPS) is 12.7. The number of hydrogen-bond donors (Lipinski definition) is 2. The second-order valence-corrected chi connectivity index (χ2v) is 4.56. The molecule has 1 aromatic heterocycles. The minimum Gasteiger partial charge on any atom is -0.271 e. The zero-order chi connectivity index (χ0) is 12.4. The monoisotopic (exact) mass is 298 g/mol. The molecule has 0 saturated carbocycles. The summed E-state index contributed by atoms with van der Waals surface area (Å²) >= 11 is 3.22. The molecular weight excluding hydrogens is 287 g/mol. The van der Waals surface area contributed by atoms with Crippen LogP contribution in [0.25, 0.3) is 0 Å². The molecule has 3 N–H and O–H groups in total. The Labute approximate surface area is 107 Å². The van der Waals surface area contributed by atoms with E-state index in [0.29, 0.717) is 10.0 Å². The Balaban J connectivity index is 2.46. The third-order valence-corrected chi connectivity index (χ3v) is 3.09. The van der Waals surface area contributed by atoms with Crippen LogP contribution in [0.2, 0.25) is 0 Å². The maximum absolute atomic E-state index is 13.9. The molecule has 0 aliphatic heterocycles. The maximum atomic E-state index is 13.9. The third-order valence-electron chi connectivity index (χ3n) is 2.59. The van der Waals surface area contributed by atoms with Crippen LogP contribution in [-0.4, -0.2) is 9.78 Å². The minimum absolute atomic E-state index is 0.316. The Kier molecular flexibility index (Phi) is 3.56. The molecule has 0 spiro atoms. The Hall–Kier alpha value is -1.24. The molecule has 1 aromatic carbocycles. The van der Waals surface area contributed by atoms with Gasteiger partial charge in [-0.3, -0.25) is 10.5 Å². The Bertz CT molecular complexity index is 526. The number of benzene rings is 1. The highest BCUT2D eigenvalue weighted by Gasteiger charge is 2.19. The van der Waals surface area contributed by atoms with E-state index in [4.69, 9.17) is 5.84 Å². The molecule has 0 amide bonds. The van der Waals surface area contributed by atoms with Gasteiger partial charge in [-0.25, -0.2) is 9.82 Å². The minimum atomic E-state index is -0.421. The summed E-state index contributed by atoms with van der Waals surface area (Å²) in [5.74, 6) is 5.19. The number of hydrazine groups is 1. The first-order valence-corrected chi connectivity index (χ1v) is 5.81. The summed E-state index contributed by atoms with van der Waals surface area (Å²) < 4.78 is 16.2. The van der Waals surface area contributed by atoms with Crippen molar-refractivity contribution >= 4 is 15.9 Å². The Morgan fingerprint density at radius 1 is 1.47 bits per heavy atom. The van der Waals surface area contributed by atoms with Gasteiger partial charge in [0.15, 0.2) is 0 Å². The highest BCUT2D eigenvalue weighted by Crippen LogP contribution is 2.25. The maximum Gasteiger partial charge on any atom is 0.129 e. The number of rotatable bonds is 3. The van der Waals surface area contributed by atoms with E-state index in [1.807, 2.05) is 0 Å². The Morgan fingerprint density at radius 3 is 2.76 bits per heavy atom. The second kappa shape index (κ2) is 4.95. The van der Waals surface area contributed by atoms with Crippen LogP contribution in [0, 0.1) is 5.82 Å². The number of aryl methyl sites for hydroxylation is 1. The van der Waals surface area contributed by atoms with Crippen molar-refractivity contribution in [2.75, 3.05) is 0 Å². The lowest BCUT2D eigenvalue weighted by Gasteiger charge is -2.17. The van der Waals surface area contributed by atoms with Gasteiger partial charge in [-0.1, -0.05) is 22.0 Å². The lowest BCUT2D eigenvalue weighted by Crippen LogP contribution is -2.31. The van der Waals surface area contributed by atoms with Crippen LogP contribution in [0.5, 0.6) is 0 Å². The second-order valence-electron chi connectivity index (χ2n) is 3.65. The zero-order valence-electron chi connectivity index (χ0n) is 9.19. The fourth-order valence-electron chi connectivity index (χ4n) is 1.74. The van der Waals surface area contributed by atoms with E-state index in [1.54, 1.807) is 36.1 Å². The van der Waals surface area contributed by atoms with E-state index < -0.39 is 6.04 Å². The summed E-state index contributed by atoms with van der Waals surface area (Å²) in [7, 11) is 1.79. The summed E-state index contributed by atoms with van der Waals surface area (Å²) in [6.07, 6.45) is 1.65. The molecule has 6 heteroatoms. The molecule has 1 heterocycles. The number of hydrogen-bond acceptors (Lipinski definition) is 3. The molecule has 0 bridgehead atoms. The molecule has 90 valence electrons. The van der Waals surface area contributed by atoms with Crippen molar-refractivity contribution in [2.24, 2.45) is 12.9 Å². The predicted molar refractivity (Wildman–Crippen MR) is 66.5 cm³/mol. The van der Waals surface area contributed by atoms with Crippen LogP contribution in [-0.2, 0) is 7.05 Å². The van der Waals surface area contributed by atoms with Crippen molar-refractivity contribution in [3.05, 3.63) is 52.0 Å². The lowest BCUT2D eigenvalue weighted by atomic mass is 10.0. The van der Waals surface area contributed by atoms with E-state index in [1.165, 1.54) is 6.07 Å². The molecule has 17 heavy (non-hydrogen) atoms. The smallest absolute Gasteiger partial charge is 0.129 e. The van der Waals surface area contributed by atoms with Crippen molar-refractivity contribution in [1.82, 2.24) is 15.2 Å². The molecule has 0 saturated heterocycles. The third kappa shape index (κ3) is 2.38. The van der Waals surface area contributed by atoms with Crippen LogP contribution < -0.4 is 11.3 Å². The number of halogens is 2. The first kappa shape index (κ1) is 12.2. The molecule has 2 aromatic rings. The van der Waals surface area contributed by atoms with Crippen LogP contribution in [0.3, 0.4) is 0 Å². The fourth-order valence-corrected chi connectivity index (χ4v) is 2.07. The van der Waals surface area contributed by atoms with Gasteiger partial charge in [0.1, 0.15) is 5.82 Å². The fraction of sp³-hybridized carbons (Fsp3) is 0.182. The topological polar surface area (TPSA) is 55.9 Å². The summed E-state index contributed by atoms with van der Waals surface area (Å²) in [6, 6.07) is 6.26. The molecule has 0 fully saturated rings. The van der Waals surface area contributed by atoms with Crippen LogP contribution >= 0.6 is 15.9 Å². The van der Waals surface area contributed by atoms with Crippen molar-refractivity contribution < 1.29 is 4.39 Å². The van der Waals surface area contributed by atoms with Gasteiger partial charge in [0.25, 0.3) is 0 Å². The van der Waals surface area contributed by atoms with Crippen LogP contribution in [0.1, 0.15) is 17.3 Å². The van der Waals surface area contributed by atoms with Gasteiger partial charge in [-0.15, -0.1) is 0 Å². The van der Waals surface area contributed by atoms with E-state index in [0.717, 1.165) is 5.69 Å². The quantitative estimate of drug-likeness (QED) is 0.672. The molecule has 1 atom stereocenters. The van der Waals surface area contributed by atoms with Gasteiger partial charge < -0.3 is 0 Å². The van der Waals surface area contributed by atoms with E-state index in [2.05, 4.69) is 26.5 Å².